The SMILES string of the molecule is CCCC(C#N)(c1cccc(OC)c1)C(C)C(C)C(=O)O.CNC. The van der Waals surface area contributed by atoms with Gasteiger partial charge < -0.3 is 15.2 Å². The van der Waals surface area contributed by atoms with Gasteiger partial charge in [0.05, 0.1) is 24.5 Å². The molecule has 2 N–H and O–H groups in total. The van der Waals surface area contributed by atoms with Gasteiger partial charge in [-0.05, 0) is 44.1 Å². The van der Waals surface area contributed by atoms with Crippen molar-refractivity contribution in [3.05, 3.63) is 29.8 Å². The molecule has 0 aliphatic carbocycles. The molecule has 0 radical (unpaired) electrons. The molecule has 5 heteroatoms. The molecule has 1 rings (SSSR count). The predicted octanol–water partition coefficient (Wildman–Crippen LogP) is 3.45. The molecule has 134 valence electrons. The van der Waals surface area contributed by atoms with Crippen molar-refractivity contribution in [3.8, 4) is 11.8 Å². The fraction of sp³-hybridized carbons (Fsp3) is 0.579. The van der Waals surface area contributed by atoms with Gasteiger partial charge in [0, 0.05) is 0 Å². The van der Waals surface area contributed by atoms with Gasteiger partial charge in [-0.3, -0.25) is 4.79 Å². The minimum absolute atomic E-state index is 0.299. The van der Waals surface area contributed by atoms with Crippen molar-refractivity contribution in [2.45, 2.75) is 39.0 Å². The molecular weight excluding hydrogens is 304 g/mol. The summed E-state index contributed by atoms with van der Waals surface area (Å²) < 4.78 is 5.23. The third-order valence-electron chi connectivity index (χ3n) is 4.35. The van der Waals surface area contributed by atoms with Crippen LogP contribution in [-0.2, 0) is 10.2 Å². The van der Waals surface area contributed by atoms with Crippen LogP contribution < -0.4 is 10.1 Å². The minimum atomic E-state index is -0.874. The molecule has 0 aromatic heterocycles. The summed E-state index contributed by atoms with van der Waals surface area (Å²) in [4.78, 5) is 11.3. The van der Waals surface area contributed by atoms with Gasteiger partial charge in [-0.15, -0.1) is 0 Å². The molecule has 24 heavy (non-hydrogen) atoms. The lowest BCUT2D eigenvalue weighted by molar-refractivity contribution is -0.143. The van der Waals surface area contributed by atoms with Crippen molar-refractivity contribution >= 4 is 5.97 Å². The van der Waals surface area contributed by atoms with Crippen LogP contribution in [0.1, 0.15) is 39.2 Å². The number of carboxylic acids is 1. The van der Waals surface area contributed by atoms with Crippen LogP contribution in [0.15, 0.2) is 24.3 Å². The van der Waals surface area contributed by atoms with Crippen molar-refractivity contribution < 1.29 is 14.6 Å². The van der Waals surface area contributed by atoms with Crippen LogP contribution in [0.5, 0.6) is 5.75 Å². The first kappa shape index (κ1) is 21.9. The average Bonchev–Trinajstić information content (AvgIpc) is 2.59. The topological polar surface area (TPSA) is 82.3 Å². The van der Waals surface area contributed by atoms with Crippen molar-refractivity contribution in [2.24, 2.45) is 11.8 Å². The number of nitriles is 1. The highest BCUT2D eigenvalue weighted by Gasteiger charge is 2.42. The molecule has 0 bridgehead atoms. The average molecular weight is 334 g/mol. The fourth-order valence-corrected chi connectivity index (χ4v) is 2.79. The highest BCUT2D eigenvalue weighted by molar-refractivity contribution is 5.70. The molecule has 0 saturated carbocycles. The molecule has 0 fully saturated rings. The van der Waals surface area contributed by atoms with Crippen molar-refractivity contribution in [1.82, 2.24) is 5.32 Å². The van der Waals surface area contributed by atoms with Gasteiger partial charge in [0.25, 0.3) is 0 Å². The Morgan fingerprint density at radius 1 is 1.42 bits per heavy atom. The van der Waals surface area contributed by atoms with E-state index in [4.69, 9.17) is 4.74 Å². The van der Waals surface area contributed by atoms with E-state index in [2.05, 4.69) is 11.4 Å². The second-order valence-electron chi connectivity index (χ2n) is 5.98. The van der Waals surface area contributed by atoms with E-state index in [-0.39, 0.29) is 5.92 Å². The lowest BCUT2D eigenvalue weighted by Gasteiger charge is -2.35. The Morgan fingerprint density at radius 2 is 2.00 bits per heavy atom. The highest BCUT2D eigenvalue weighted by atomic mass is 16.5. The number of hydrogen-bond donors (Lipinski definition) is 2. The summed E-state index contributed by atoms with van der Waals surface area (Å²) in [7, 11) is 5.33. The zero-order valence-electron chi connectivity index (χ0n) is 15.6. The largest absolute Gasteiger partial charge is 0.497 e. The number of hydrogen-bond acceptors (Lipinski definition) is 4. The Kier molecular flexibility index (Phi) is 9.75. The second-order valence-corrected chi connectivity index (χ2v) is 5.98. The van der Waals surface area contributed by atoms with Crippen LogP contribution in [-0.4, -0.2) is 32.3 Å². The van der Waals surface area contributed by atoms with Gasteiger partial charge >= 0.3 is 5.97 Å². The third-order valence-corrected chi connectivity index (χ3v) is 4.35. The third kappa shape index (κ3) is 5.24. The van der Waals surface area contributed by atoms with Gasteiger partial charge in [0.15, 0.2) is 0 Å². The molecule has 0 amide bonds. The van der Waals surface area contributed by atoms with Gasteiger partial charge in [-0.25, -0.2) is 0 Å². The zero-order chi connectivity index (χ0) is 18.8. The molecular formula is C19H30N2O3. The number of carboxylic acid groups (broad SMARTS) is 1. The molecule has 1 aromatic rings. The van der Waals surface area contributed by atoms with E-state index in [0.29, 0.717) is 12.2 Å². The molecule has 0 saturated heterocycles. The van der Waals surface area contributed by atoms with Crippen LogP contribution >= 0.6 is 0 Å². The summed E-state index contributed by atoms with van der Waals surface area (Å²) >= 11 is 0. The summed E-state index contributed by atoms with van der Waals surface area (Å²) in [5.41, 5.74) is 0.00738. The van der Waals surface area contributed by atoms with Gasteiger partial charge in [-0.1, -0.05) is 39.3 Å². The molecule has 3 atom stereocenters. The van der Waals surface area contributed by atoms with E-state index in [1.165, 1.54) is 0 Å². The molecule has 0 spiro atoms. The first-order chi connectivity index (χ1) is 11.3. The van der Waals surface area contributed by atoms with Crippen molar-refractivity contribution in [3.63, 3.8) is 0 Å². The summed E-state index contributed by atoms with van der Waals surface area (Å²) in [6, 6.07) is 9.78. The summed E-state index contributed by atoms with van der Waals surface area (Å²) in [6.07, 6.45) is 1.43. The molecule has 0 aliphatic rings. The van der Waals surface area contributed by atoms with Gasteiger partial charge in [-0.2, -0.15) is 5.26 Å². The number of nitrogens with one attached hydrogen (secondary N) is 1. The van der Waals surface area contributed by atoms with Crippen LogP contribution in [0.4, 0.5) is 0 Å². The van der Waals surface area contributed by atoms with Crippen LogP contribution in [0.25, 0.3) is 0 Å². The van der Waals surface area contributed by atoms with Crippen molar-refractivity contribution in [2.75, 3.05) is 21.2 Å². The number of rotatable bonds is 7. The minimum Gasteiger partial charge on any atom is -0.497 e. The van der Waals surface area contributed by atoms with E-state index in [9.17, 15) is 15.2 Å². The Balaban J connectivity index is 0.00000163. The Morgan fingerprint density at radius 3 is 2.42 bits per heavy atom. The molecule has 0 heterocycles. The Labute approximate surface area is 145 Å². The van der Waals surface area contributed by atoms with Crippen LogP contribution in [0, 0.1) is 23.2 Å². The lowest BCUT2D eigenvalue weighted by Crippen LogP contribution is -2.38. The van der Waals surface area contributed by atoms with Crippen LogP contribution in [0.2, 0.25) is 0 Å². The highest BCUT2D eigenvalue weighted by Crippen LogP contribution is 2.41. The fourth-order valence-electron chi connectivity index (χ4n) is 2.79. The molecule has 0 aliphatic heterocycles. The van der Waals surface area contributed by atoms with Crippen LogP contribution in [0.3, 0.4) is 0 Å². The normalized spacial score (nSPS) is 15.0. The molecule has 1 aromatic carbocycles. The van der Waals surface area contributed by atoms with E-state index in [1.807, 2.05) is 52.2 Å². The monoisotopic (exact) mass is 334 g/mol. The first-order valence-electron chi connectivity index (χ1n) is 8.21. The maximum atomic E-state index is 11.3. The lowest BCUT2D eigenvalue weighted by atomic mass is 9.65. The molecule has 5 nitrogen and oxygen atoms in total. The van der Waals surface area contributed by atoms with Gasteiger partial charge in [0.2, 0.25) is 0 Å². The van der Waals surface area contributed by atoms with E-state index in [1.54, 1.807) is 14.0 Å². The number of ether oxygens (including phenoxy) is 1. The standard InChI is InChI=1S/C17H23NO3.C2H7N/c1-5-9-17(11-18,13(3)12(2)16(19)20)14-7-6-8-15(10-14)21-4;1-3-2/h6-8,10,12-13H,5,9H2,1-4H3,(H,19,20);3H,1-2H3. The maximum Gasteiger partial charge on any atom is 0.306 e. The summed E-state index contributed by atoms with van der Waals surface area (Å²) in [5.74, 6) is -1.09. The second kappa shape index (κ2) is 10.7. The van der Waals surface area contributed by atoms with E-state index >= 15 is 0 Å². The van der Waals surface area contributed by atoms with Gasteiger partial charge in [0.1, 0.15) is 5.75 Å². The van der Waals surface area contributed by atoms with Crippen molar-refractivity contribution in [1.29, 1.82) is 5.26 Å². The summed E-state index contributed by atoms with van der Waals surface area (Å²) in [6.45, 7) is 5.51. The quantitative estimate of drug-likeness (QED) is 0.798. The number of benzene rings is 1. The molecule has 3 unspecified atom stereocenters. The maximum absolute atomic E-state index is 11.3. The number of nitrogens with zero attached hydrogens (tertiary/aromatic N) is 1. The number of carbonyl (C=O) groups is 1. The number of methoxy groups -OCH3 is 1. The Hall–Kier alpha value is -2.06. The smallest absolute Gasteiger partial charge is 0.306 e. The zero-order valence-corrected chi connectivity index (χ0v) is 15.6. The summed E-state index contributed by atoms with van der Waals surface area (Å²) in [5, 5.41) is 21.9. The number of aliphatic carboxylic acids is 1. The van der Waals surface area contributed by atoms with E-state index < -0.39 is 17.3 Å². The predicted molar refractivity (Wildman–Crippen MR) is 96.1 cm³/mol. The Bertz CT molecular complexity index is 554. The van der Waals surface area contributed by atoms with E-state index in [0.717, 1.165) is 12.0 Å². The first-order valence-corrected chi connectivity index (χ1v) is 8.21.